The Bertz CT molecular complexity index is 109. The fourth-order valence-corrected chi connectivity index (χ4v) is 2.40. The lowest BCUT2D eigenvalue weighted by atomic mass is 10.9. The highest BCUT2D eigenvalue weighted by Crippen LogP contribution is 2.11. The first-order chi connectivity index (χ1) is 6.24. The zero-order chi connectivity index (χ0) is 10.2. The summed E-state index contributed by atoms with van der Waals surface area (Å²) in [6.07, 6.45) is 0. The Balaban J connectivity index is 3.68. The molecule has 0 heterocycles. The van der Waals surface area contributed by atoms with Gasteiger partial charge in [0.05, 0.1) is 6.61 Å². The second kappa shape index (κ2) is 7.42. The van der Waals surface area contributed by atoms with E-state index in [0.29, 0.717) is 12.7 Å². The van der Waals surface area contributed by atoms with Gasteiger partial charge in [-0.1, -0.05) is 0 Å². The summed E-state index contributed by atoms with van der Waals surface area (Å²) in [5.74, 6) is 0. The predicted octanol–water partition coefficient (Wildman–Crippen LogP) is 0.485. The van der Waals surface area contributed by atoms with Gasteiger partial charge in [-0.25, -0.2) is 0 Å². The van der Waals surface area contributed by atoms with Gasteiger partial charge < -0.3 is 22.8 Å². The fourth-order valence-electron chi connectivity index (χ4n) is 0.896. The quantitative estimate of drug-likeness (QED) is 0.331. The third kappa shape index (κ3) is 4.70. The van der Waals surface area contributed by atoms with Crippen molar-refractivity contribution >= 4 is 8.80 Å². The molecule has 13 heavy (non-hydrogen) atoms. The molecule has 0 aromatic carbocycles. The van der Waals surface area contributed by atoms with Crippen LogP contribution in [0.4, 0.5) is 0 Å². The normalized spacial score (nSPS) is 12.0. The van der Waals surface area contributed by atoms with Crippen molar-refractivity contribution in [2.45, 2.75) is 6.04 Å². The lowest BCUT2D eigenvalue weighted by molar-refractivity contribution is -0.0294. The molecule has 0 radical (unpaired) electrons. The minimum atomic E-state index is -2.45. The third-order valence-corrected chi connectivity index (χ3v) is 4.37. The predicted molar refractivity (Wildman–Crippen MR) is 49.4 cm³/mol. The van der Waals surface area contributed by atoms with Crippen LogP contribution in [0.5, 0.6) is 0 Å². The molecule has 0 rings (SSSR count). The fraction of sp³-hybridized carbons (Fsp3) is 1.00. The molecule has 6 heteroatoms. The Hall–Kier alpha value is 0.0169. The van der Waals surface area contributed by atoms with Crippen molar-refractivity contribution < 1.29 is 22.8 Å². The van der Waals surface area contributed by atoms with E-state index in [-0.39, 0.29) is 6.79 Å². The standard InChI is InChI=1S/C7H18O5Si/c1-8-7-12-5-6-13(9-2,10-3)11-4/h5-7H2,1-4H3. The maximum atomic E-state index is 5.19. The second-order valence-corrected chi connectivity index (χ2v) is 5.45. The van der Waals surface area contributed by atoms with Crippen LogP contribution < -0.4 is 0 Å². The van der Waals surface area contributed by atoms with Crippen molar-refractivity contribution in [2.24, 2.45) is 0 Å². The Kier molecular flexibility index (Phi) is 7.43. The average Bonchev–Trinajstić information content (AvgIpc) is 2.20. The van der Waals surface area contributed by atoms with E-state index in [4.69, 9.17) is 22.8 Å². The van der Waals surface area contributed by atoms with Crippen LogP contribution in [0.2, 0.25) is 6.04 Å². The van der Waals surface area contributed by atoms with E-state index in [1.807, 2.05) is 0 Å². The second-order valence-electron chi connectivity index (χ2n) is 2.36. The topological polar surface area (TPSA) is 46.2 Å². The van der Waals surface area contributed by atoms with E-state index < -0.39 is 8.80 Å². The van der Waals surface area contributed by atoms with Crippen molar-refractivity contribution in [3.05, 3.63) is 0 Å². The summed E-state index contributed by atoms with van der Waals surface area (Å²) < 4.78 is 25.4. The van der Waals surface area contributed by atoms with Crippen LogP contribution in [0.1, 0.15) is 0 Å². The molecule has 0 aliphatic heterocycles. The molecule has 0 bridgehead atoms. The SMILES string of the molecule is COCOCC[Si](OC)(OC)OC. The van der Waals surface area contributed by atoms with Crippen molar-refractivity contribution in [3.63, 3.8) is 0 Å². The smallest absolute Gasteiger partial charge is 0.377 e. The van der Waals surface area contributed by atoms with Crippen molar-refractivity contribution in [1.82, 2.24) is 0 Å². The molecule has 0 unspecified atom stereocenters. The molecule has 5 nitrogen and oxygen atoms in total. The van der Waals surface area contributed by atoms with Gasteiger partial charge in [-0.15, -0.1) is 0 Å². The molecule has 0 fully saturated rings. The van der Waals surface area contributed by atoms with E-state index >= 15 is 0 Å². The van der Waals surface area contributed by atoms with Gasteiger partial charge in [0, 0.05) is 34.5 Å². The van der Waals surface area contributed by atoms with Crippen LogP contribution >= 0.6 is 0 Å². The maximum Gasteiger partial charge on any atom is 0.502 e. The molecule has 0 aliphatic rings. The molecular formula is C7H18O5Si. The largest absolute Gasteiger partial charge is 0.502 e. The lowest BCUT2D eigenvalue weighted by Gasteiger charge is -2.23. The molecule has 0 N–H and O–H groups in total. The zero-order valence-corrected chi connectivity index (χ0v) is 9.66. The maximum absolute atomic E-state index is 5.19. The van der Waals surface area contributed by atoms with E-state index in [1.54, 1.807) is 28.4 Å². The van der Waals surface area contributed by atoms with Crippen LogP contribution in [0.3, 0.4) is 0 Å². The number of hydrogen-bond acceptors (Lipinski definition) is 5. The van der Waals surface area contributed by atoms with Crippen molar-refractivity contribution in [3.8, 4) is 0 Å². The summed E-state index contributed by atoms with van der Waals surface area (Å²) in [7, 11) is 3.87. The van der Waals surface area contributed by atoms with Gasteiger partial charge in [-0.05, 0) is 0 Å². The Morgan fingerprint density at radius 2 is 1.46 bits per heavy atom. The number of rotatable bonds is 8. The van der Waals surface area contributed by atoms with Gasteiger partial charge in [0.2, 0.25) is 0 Å². The highest BCUT2D eigenvalue weighted by atomic mass is 28.4. The molecule has 0 atom stereocenters. The summed E-state index contributed by atoms with van der Waals surface area (Å²) in [6, 6.07) is 0.625. The van der Waals surface area contributed by atoms with Gasteiger partial charge in [0.25, 0.3) is 0 Å². The zero-order valence-electron chi connectivity index (χ0n) is 8.66. The summed E-state index contributed by atoms with van der Waals surface area (Å²) in [5, 5.41) is 0. The number of hydrogen-bond donors (Lipinski definition) is 0. The van der Waals surface area contributed by atoms with E-state index in [2.05, 4.69) is 0 Å². The van der Waals surface area contributed by atoms with E-state index in [9.17, 15) is 0 Å². The van der Waals surface area contributed by atoms with E-state index in [1.165, 1.54) is 0 Å². The molecule has 0 aromatic heterocycles. The minimum Gasteiger partial charge on any atom is -0.377 e. The molecule has 80 valence electrons. The molecule has 0 saturated carbocycles. The summed E-state index contributed by atoms with van der Waals surface area (Å²) in [4.78, 5) is 0. The first-order valence-corrected chi connectivity index (χ1v) is 5.90. The first kappa shape index (κ1) is 13.0. The van der Waals surface area contributed by atoms with Gasteiger partial charge in [-0.2, -0.15) is 0 Å². The third-order valence-electron chi connectivity index (χ3n) is 1.69. The number of ether oxygens (including phenoxy) is 2. The molecule has 0 aromatic rings. The van der Waals surface area contributed by atoms with Crippen LogP contribution in [0, 0.1) is 0 Å². The van der Waals surface area contributed by atoms with Gasteiger partial charge in [0.15, 0.2) is 0 Å². The van der Waals surface area contributed by atoms with Crippen molar-refractivity contribution in [1.29, 1.82) is 0 Å². The number of methoxy groups -OCH3 is 1. The van der Waals surface area contributed by atoms with Crippen LogP contribution in [-0.4, -0.2) is 50.6 Å². The summed E-state index contributed by atoms with van der Waals surface area (Å²) in [5.41, 5.74) is 0. The summed E-state index contributed by atoms with van der Waals surface area (Å²) in [6.45, 7) is 0.789. The van der Waals surface area contributed by atoms with Gasteiger partial charge >= 0.3 is 8.80 Å². The highest BCUT2D eigenvalue weighted by Gasteiger charge is 2.37. The van der Waals surface area contributed by atoms with Crippen LogP contribution in [0.25, 0.3) is 0 Å². The minimum absolute atomic E-state index is 0.279. The van der Waals surface area contributed by atoms with Crippen LogP contribution in [0.15, 0.2) is 0 Å². The highest BCUT2D eigenvalue weighted by molar-refractivity contribution is 6.60. The molecular weight excluding hydrogens is 192 g/mol. The van der Waals surface area contributed by atoms with Crippen molar-refractivity contribution in [2.75, 3.05) is 41.8 Å². The lowest BCUT2D eigenvalue weighted by Crippen LogP contribution is -2.43. The van der Waals surface area contributed by atoms with Gasteiger partial charge in [-0.3, -0.25) is 0 Å². The molecule has 0 saturated heterocycles. The first-order valence-electron chi connectivity index (χ1n) is 3.96. The molecule has 0 aliphatic carbocycles. The monoisotopic (exact) mass is 210 g/mol. The Morgan fingerprint density at radius 1 is 0.923 bits per heavy atom. The summed E-state index contributed by atoms with van der Waals surface area (Å²) >= 11 is 0. The molecule has 0 spiro atoms. The Labute approximate surface area is 80.2 Å². The Morgan fingerprint density at radius 3 is 1.85 bits per heavy atom. The molecule has 0 amide bonds. The van der Waals surface area contributed by atoms with E-state index in [0.717, 1.165) is 0 Å². The van der Waals surface area contributed by atoms with Gasteiger partial charge in [0.1, 0.15) is 6.79 Å². The van der Waals surface area contributed by atoms with Crippen LogP contribution in [-0.2, 0) is 22.8 Å². The average molecular weight is 210 g/mol.